The van der Waals surface area contributed by atoms with Crippen LogP contribution in [-0.4, -0.2) is 0 Å². The highest BCUT2D eigenvalue weighted by Crippen LogP contribution is 2.32. The van der Waals surface area contributed by atoms with Crippen LogP contribution in [0.5, 0.6) is 0 Å². The molecule has 0 radical (unpaired) electrons. The number of hydrogen-bond acceptors (Lipinski definition) is 2. The van der Waals surface area contributed by atoms with Gasteiger partial charge in [0.05, 0.1) is 0 Å². The summed E-state index contributed by atoms with van der Waals surface area (Å²) in [6.45, 7) is 7.74. The third kappa shape index (κ3) is 3.44. The van der Waals surface area contributed by atoms with Crippen LogP contribution in [0.2, 0.25) is 0 Å². The Morgan fingerprint density at radius 2 is 1.03 bits per heavy atom. The summed E-state index contributed by atoms with van der Waals surface area (Å²) in [6.07, 6.45) is 6.86. The highest BCUT2D eigenvalue weighted by molar-refractivity contribution is 6.06. The minimum atomic E-state index is 0.916. The Kier molecular flexibility index (Phi) is 4.66. The van der Waals surface area contributed by atoms with E-state index in [2.05, 4.69) is 73.8 Å². The van der Waals surface area contributed by atoms with Crippen molar-refractivity contribution in [2.75, 3.05) is 0 Å². The molecule has 0 aliphatic heterocycles. The third-order valence-electron chi connectivity index (χ3n) is 6.52. The van der Waals surface area contributed by atoms with Gasteiger partial charge in [-0.1, -0.05) is 49.6 Å². The molecule has 160 valence electrons. The molecule has 0 aliphatic carbocycles. The van der Waals surface area contributed by atoms with Gasteiger partial charge < -0.3 is 8.83 Å². The van der Waals surface area contributed by atoms with Gasteiger partial charge in [-0.2, -0.15) is 0 Å². The molecule has 33 heavy (non-hydrogen) atoms. The first-order valence-corrected chi connectivity index (χ1v) is 11.4. The number of furan rings is 2. The average Bonchev–Trinajstić information content (AvgIpc) is 3.40. The maximum atomic E-state index is 6.05. The lowest BCUT2D eigenvalue weighted by molar-refractivity contribution is 0.668. The molecular formula is C31H24O2. The first kappa shape index (κ1) is 19.6. The summed E-state index contributed by atoms with van der Waals surface area (Å²) in [7, 11) is 0. The van der Waals surface area contributed by atoms with Crippen LogP contribution in [0.1, 0.15) is 28.7 Å². The zero-order valence-electron chi connectivity index (χ0n) is 18.4. The molecule has 2 heterocycles. The summed E-state index contributed by atoms with van der Waals surface area (Å²) >= 11 is 0. The molecule has 0 amide bonds. The molecule has 4 aromatic carbocycles. The zero-order chi connectivity index (χ0) is 22.4. The maximum Gasteiger partial charge on any atom is 0.136 e. The quantitative estimate of drug-likeness (QED) is 0.265. The van der Waals surface area contributed by atoms with Crippen molar-refractivity contribution < 1.29 is 8.83 Å². The van der Waals surface area contributed by atoms with E-state index < -0.39 is 0 Å². The zero-order valence-corrected chi connectivity index (χ0v) is 18.4. The van der Waals surface area contributed by atoms with Crippen molar-refractivity contribution in [3.8, 4) is 0 Å². The van der Waals surface area contributed by atoms with E-state index in [-0.39, 0.29) is 0 Å². The van der Waals surface area contributed by atoms with Crippen molar-refractivity contribution in [2.24, 2.45) is 0 Å². The average molecular weight is 429 g/mol. The van der Waals surface area contributed by atoms with Crippen molar-refractivity contribution in [1.82, 2.24) is 0 Å². The van der Waals surface area contributed by atoms with E-state index in [9.17, 15) is 0 Å². The second kappa shape index (κ2) is 7.83. The normalized spacial score (nSPS) is 11.6. The standard InChI is InChI=1S/C31H24O2/c1-3-20-9-13-29-26(16-20)27-18-23(11-15-30(27)32-29)7-5-6-22-10-14-28-25(17-22)24-12-8-21(4-2)19-31(24)33-28/h3-4,8-19H,1-2,5-7H2. The summed E-state index contributed by atoms with van der Waals surface area (Å²) in [4.78, 5) is 0. The largest absolute Gasteiger partial charge is 0.456 e. The summed E-state index contributed by atoms with van der Waals surface area (Å²) in [5, 5.41) is 4.67. The van der Waals surface area contributed by atoms with Crippen LogP contribution in [-0.2, 0) is 12.8 Å². The van der Waals surface area contributed by atoms with Crippen LogP contribution in [0.15, 0.2) is 94.8 Å². The molecule has 0 spiro atoms. The molecule has 0 aliphatic rings. The van der Waals surface area contributed by atoms with E-state index >= 15 is 0 Å². The van der Waals surface area contributed by atoms with Crippen molar-refractivity contribution >= 4 is 56.0 Å². The lowest BCUT2D eigenvalue weighted by Crippen LogP contribution is -1.90. The molecule has 2 heteroatoms. The van der Waals surface area contributed by atoms with Crippen molar-refractivity contribution in [2.45, 2.75) is 19.3 Å². The van der Waals surface area contributed by atoms with Crippen LogP contribution in [0.3, 0.4) is 0 Å². The highest BCUT2D eigenvalue weighted by Gasteiger charge is 2.10. The van der Waals surface area contributed by atoms with Gasteiger partial charge in [0.1, 0.15) is 22.3 Å². The third-order valence-corrected chi connectivity index (χ3v) is 6.52. The van der Waals surface area contributed by atoms with Gasteiger partial charge >= 0.3 is 0 Å². The van der Waals surface area contributed by atoms with E-state index in [4.69, 9.17) is 8.83 Å². The summed E-state index contributed by atoms with van der Waals surface area (Å²) in [6, 6.07) is 25.6. The first-order chi connectivity index (χ1) is 16.2. The Hall–Kier alpha value is -4.04. The number of rotatable bonds is 6. The van der Waals surface area contributed by atoms with Crippen molar-refractivity contribution in [3.05, 3.63) is 108 Å². The van der Waals surface area contributed by atoms with E-state index in [1.807, 2.05) is 24.3 Å². The fraction of sp³-hybridized carbons (Fsp3) is 0.0968. The predicted octanol–water partition coefficient (Wildman–Crippen LogP) is 8.95. The summed E-state index contributed by atoms with van der Waals surface area (Å²) < 4.78 is 12.1. The Balaban J connectivity index is 1.24. The number of hydrogen-bond donors (Lipinski definition) is 0. The Morgan fingerprint density at radius 3 is 1.70 bits per heavy atom. The molecular weight excluding hydrogens is 404 g/mol. The van der Waals surface area contributed by atoms with Crippen molar-refractivity contribution in [1.29, 1.82) is 0 Å². The van der Waals surface area contributed by atoms with Gasteiger partial charge in [0.2, 0.25) is 0 Å². The minimum absolute atomic E-state index is 0.916. The molecule has 6 aromatic rings. The second-order valence-corrected chi connectivity index (χ2v) is 8.64. The summed E-state index contributed by atoms with van der Waals surface area (Å²) in [5.74, 6) is 0. The van der Waals surface area contributed by atoms with E-state index in [0.717, 1.165) is 63.5 Å². The van der Waals surface area contributed by atoms with Crippen LogP contribution in [0, 0.1) is 0 Å². The van der Waals surface area contributed by atoms with Gasteiger partial charge in [0.15, 0.2) is 0 Å². The number of fused-ring (bicyclic) bond motifs is 6. The SMILES string of the molecule is C=Cc1ccc2c(c1)oc1ccc(CCCc3ccc4oc5ccc(C=C)cc5c4c3)cc12. The maximum absolute atomic E-state index is 6.05. The van der Waals surface area contributed by atoms with Gasteiger partial charge in [0.25, 0.3) is 0 Å². The molecule has 0 unspecified atom stereocenters. The summed E-state index contributed by atoms with van der Waals surface area (Å²) in [5.41, 5.74) is 8.57. The Bertz CT molecular complexity index is 1680. The molecule has 2 nitrogen and oxygen atoms in total. The topological polar surface area (TPSA) is 26.3 Å². The molecule has 0 fully saturated rings. The fourth-order valence-electron chi connectivity index (χ4n) is 4.74. The van der Waals surface area contributed by atoms with Gasteiger partial charge in [-0.3, -0.25) is 0 Å². The molecule has 6 rings (SSSR count). The van der Waals surface area contributed by atoms with E-state index in [0.29, 0.717) is 0 Å². The highest BCUT2D eigenvalue weighted by atomic mass is 16.3. The predicted molar refractivity (Wildman–Crippen MR) is 140 cm³/mol. The second-order valence-electron chi connectivity index (χ2n) is 8.64. The molecule has 2 aromatic heterocycles. The smallest absolute Gasteiger partial charge is 0.136 e. The molecule has 0 N–H and O–H groups in total. The van der Waals surface area contributed by atoms with Crippen LogP contribution in [0.4, 0.5) is 0 Å². The Labute approximate surface area is 192 Å². The van der Waals surface area contributed by atoms with Gasteiger partial charge in [-0.15, -0.1) is 0 Å². The molecule has 0 saturated heterocycles. The molecule has 0 bridgehead atoms. The van der Waals surface area contributed by atoms with Gasteiger partial charge in [-0.25, -0.2) is 0 Å². The number of aryl methyl sites for hydroxylation is 2. The first-order valence-electron chi connectivity index (χ1n) is 11.4. The molecule has 0 saturated carbocycles. The lowest BCUT2D eigenvalue weighted by atomic mass is 10.0. The van der Waals surface area contributed by atoms with Crippen LogP contribution in [0.25, 0.3) is 56.0 Å². The van der Waals surface area contributed by atoms with Gasteiger partial charge in [0, 0.05) is 21.5 Å². The van der Waals surface area contributed by atoms with Crippen LogP contribution < -0.4 is 0 Å². The van der Waals surface area contributed by atoms with Crippen molar-refractivity contribution in [3.63, 3.8) is 0 Å². The van der Waals surface area contributed by atoms with E-state index in [1.54, 1.807) is 0 Å². The number of benzene rings is 4. The van der Waals surface area contributed by atoms with Gasteiger partial charge in [-0.05, 0) is 90.0 Å². The van der Waals surface area contributed by atoms with Crippen LogP contribution >= 0.6 is 0 Å². The molecule has 0 atom stereocenters. The van der Waals surface area contributed by atoms with E-state index in [1.165, 1.54) is 21.9 Å². The fourth-order valence-corrected chi connectivity index (χ4v) is 4.74. The monoisotopic (exact) mass is 428 g/mol. The lowest BCUT2D eigenvalue weighted by Gasteiger charge is -2.04. The minimum Gasteiger partial charge on any atom is -0.456 e. The Morgan fingerprint density at radius 1 is 0.515 bits per heavy atom.